The molecule has 1 fully saturated rings. The Morgan fingerprint density at radius 2 is 1.82 bits per heavy atom. The van der Waals surface area contributed by atoms with Gasteiger partial charge in [0.15, 0.2) is 9.84 Å². The van der Waals surface area contributed by atoms with Gasteiger partial charge in [-0.3, -0.25) is 9.59 Å². The first-order chi connectivity index (χ1) is 17.6. The predicted octanol–water partition coefficient (Wildman–Crippen LogP) is 3.98. The average molecular weight is 566 g/mol. The standard InChI is InChI=1S/C26H29ClFN3O6S/c1-25(2,3)37-24(34)29-19-14-38(35,36)21-12-18(28)17(22(32)30-26(4)9-10-26)11-20(21)31(23(19)33)13-15-5-7-16(27)8-6-15/h5-8,11-12,19H,9-10,13-14H2,1-4H3,(H,29,34)(H,30,32)/t19-/m0/s1. The number of sulfone groups is 1. The van der Waals surface area contributed by atoms with Crippen LogP contribution in [0.1, 0.15) is 56.5 Å². The highest BCUT2D eigenvalue weighted by Crippen LogP contribution is 2.37. The number of halogens is 2. The molecule has 3 amide bonds. The number of alkyl carbamates (subject to hydrolysis) is 1. The van der Waals surface area contributed by atoms with Crippen molar-refractivity contribution in [1.82, 2.24) is 10.6 Å². The average Bonchev–Trinajstić information content (AvgIpc) is 3.53. The largest absolute Gasteiger partial charge is 0.444 e. The minimum atomic E-state index is -4.30. The van der Waals surface area contributed by atoms with E-state index in [-0.39, 0.29) is 17.8 Å². The lowest BCUT2D eigenvalue weighted by atomic mass is 10.1. The van der Waals surface area contributed by atoms with Crippen LogP contribution in [0.3, 0.4) is 0 Å². The fraction of sp³-hybridized carbons (Fsp3) is 0.423. The molecule has 2 aliphatic rings. The molecule has 1 heterocycles. The summed E-state index contributed by atoms with van der Waals surface area (Å²) in [6, 6.07) is 6.81. The molecule has 9 nitrogen and oxygen atoms in total. The van der Waals surface area contributed by atoms with Crippen molar-refractivity contribution in [2.24, 2.45) is 0 Å². The van der Waals surface area contributed by atoms with Gasteiger partial charge in [-0.1, -0.05) is 23.7 Å². The third kappa shape index (κ3) is 6.27. The van der Waals surface area contributed by atoms with Gasteiger partial charge in [0.25, 0.3) is 11.8 Å². The Balaban J connectivity index is 1.80. The van der Waals surface area contributed by atoms with Gasteiger partial charge < -0.3 is 20.3 Å². The molecule has 0 saturated heterocycles. The molecule has 38 heavy (non-hydrogen) atoms. The topological polar surface area (TPSA) is 122 Å². The van der Waals surface area contributed by atoms with Crippen LogP contribution in [0, 0.1) is 5.82 Å². The zero-order valence-electron chi connectivity index (χ0n) is 21.4. The Morgan fingerprint density at radius 1 is 1.18 bits per heavy atom. The molecule has 12 heteroatoms. The maximum absolute atomic E-state index is 15.2. The summed E-state index contributed by atoms with van der Waals surface area (Å²) >= 11 is 5.98. The fourth-order valence-corrected chi connectivity index (χ4v) is 5.75. The summed E-state index contributed by atoms with van der Waals surface area (Å²) in [5.41, 5.74) is -1.31. The van der Waals surface area contributed by atoms with Crippen molar-refractivity contribution < 1.29 is 31.9 Å². The molecule has 1 atom stereocenters. The van der Waals surface area contributed by atoms with E-state index in [1.54, 1.807) is 45.0 Å². The van der Waals surface area contributed by atoms with E-state index in [0.29, 0.717) is 10.6 Å². The van der Waals surface area contributed by atoms with Crippen LogP contribution < -0.4 is 15.5 Å². The number of ether oxygens (including phenoxy) is 1. The van der Waals surface area contributed by atoms with E-state index < -0.39 is 61.4 Å². The minimum Gasteiger partial charge on any atom is -0.444 e. The third-order valence-electron chi connectivity index (χ3n) is 6.23. The molecule has 204 valence electrons. The first kappa shape index (κ1) is 27.8. The Morgan fingerprint density at radius 3 is 2.39 bits per heavy atom. The van der Waals surface area contributed by atoms with E-state index in [2.05, 4.69) is 10.6 Å². The SMILES string of the molecule is CC1(NC(=O)c2cc3c(cc2F)S(=O)(=O)C[C@H](NC(=O)OC(C)(C)C)C(=O)N3Cc2ccc(Cl)cc2)CC1. The van der Waals surface area contributed by atoms with Gasteiger partial charge in [-0.15, -0.1) is 0 Å². The lowest BCUT2D eigenvalue weighted by Crippen LogP contribution is -2.51. The number of hydrogen-bond acceptors (Lipinski definition) is 6. The van der Waals surface area contributed by atoms with Gasteiger partial charge in [-0.2, -0.15) is 0 Å². The Kier molecular flexibility index (Phi) is 7.22. The number of nitrogens with one attached hydrogen (secondary N) is 2. The summed E-state index contributed by atoms with van der Waals surface area (Å²) in [5, 5.41) is 5.55. The summed E-state index contributed by atoms with van der Waals surface area (Å²) in [4.78, 5) is 39.8. The van der Waals surface area contributed by atoms with Gasteiger partial charge in [-0.05, 0) is 70.4 Å². The number of anilines is 1. The molecule has 1 saturated carbocycles. The number of rotatable bonds is 5. The lowest BCUT2D eigenvalue weighted by Gasteiger charge is -2.27. The minimum absolute atomic E-state index is 0.130. The van der Waals surface area contributed by atoms with Gasteiger partial charge in [0, 0.05) is 10.6 Å². The zero-order valence-corrected chi connectivity index (χ0v) is 23.0. The van der Waals surface area contributed by atoms with Crippen LogP contribution >= 0.6 is 11.6 Å². The maximum atomic E-state index is 15.2. The fourth-order valence-electron chi connectivity index (χ4n) is 4.01. The molecule has 1 aliphatic carbocycles. The van der Waals surface area contributed by atoms with Gasteiger partial charge in [-0.25, -0.2) is 17.6 Å². The van der Waals surface area contributed by atoms with Crippen molar-refractivity contribution in [3.63, 3.8) is 0 Å². The molecule has 0 radical (unpaired) electrons. The highest BCUT2D eigenvalue weighted by atomic mass is 35.5. The number of carbonyl (C=O) groups is 3. The second-order valence-corrected chi connectivity index (χ2v) is 13.3. The van der Waals surface area contributed by atoms with Gasteiger partial charge >= 0.3 is 6.09 Å². The van der Waals surface area contributed by atoms with E-state index in [0.717, 1.165) is 29.9 Å². The molecule has 2 N–H and O–H groups in total. The van der Waals surface area contributed by atoms with E-state index in [4.69, 9.17) is 16.3 Å². The van der Waals surface area contributed by atoms with Crippen LogP contribution in [0.5, 0.6) is 0 Å². The number of hydrogen-bond donors (Lipinski definition) is 2. The van der Waals surface area contributed by atoms with Gasteiger partial charge in [0.1, 0.15) is 17.5 Å². The Bertz CT molecular complexity index is 1400. The first-order valence-electron chi connectivity index (χ1n) is 12.0. The summed E-state index contributed by atoms with van der Waals surface area (Å²) in [6.45, 7) is 6.56. The maximum Gasteiger partial charge on any atom is 0.408 e. The second kappa shape index (κ2) is 9.85. The molecule has 1 aliphatic heterocycles. The second-order valence-electron chi connectivity index (χ2n) is 10.8. The van der Waals surface area contributed by atoms with Crippen LogP contribution in [0.4, 0.5) is 14.9 Å². The van der Waals surface area contributed by atoms with E-state index in [9.17, 15) is 22.8 Å². The summed E-state index contributed by atoms with van der Waals surface area (Å²) in [5.74, 6) is -3.33. The quantitative estimate of drug-likeness (QED) is 0.565. The van der Waals surface area contributed by atoms with Crippen molar-refractivity contribution in [2.45, 2.75) is 69.2 Å². The summed E-state index contributed by atoms with van der Waals surface area (Å²) < 4.78 is 47.1. The number of benzene rings is 2. The zero-order chi connectivity index (χ0) is 28.0. The molecule has 0 bridgehead atoms. The van der Waals surface area contributed by atoms with Crippen LogP contribution in [0.25, 0.3) is 0 Å². The van der Waals surface area contributed by atoms with Gasteiger partial charge in [0.2, 0.25) is 0 Å². The number of nitrogens with zero attached hydrogens (tertiary/aromatic N) is 1. The molecular weight excluding hydrogens is 537 g/mol. The van der Waals surface area contributed by atoms with Crippen molar-refractivity contribution >= 4 is 45.0 Å². The monoisotopic (exact) mass is 565 g/mol. The normalized spacial score (nSPS) is 19.7. The van der Waals surface area contributed by atoms with E-state index in [1.165, 1.54) is 0 Å². The number of amides is 3. The van der Waals surface area contributed by atoms with Crippen molar-refractivity contribution in [2.75, 3.05) is 10.7 Å². The van der Waals surface area contributed by atoms with E-state index in [1.807, 2.05) is 6.92 Å². The molecule has 0 aromatic heterocycles. The van der Waals surface area contributed by atoms with Crippen LogP contribution in [0.2, 0.25) is 5.02 Å². The lowest BCUT2D eigenvalue weighted by molar-refractivity contribution is -0.120. The Hall–Kier alpha value is -3.18. The molecule has 0 unspecified atom stereocenters. The smallest absolute Gasteiger partial charge is 0.408 e. The predicted molar refractivity (Wildman–Crippen MR) is 139 cm³/mol. The molecule has 2 aromatic carbocycles. The molecule has 0 spiro atoms. The summed E-state index contributed by atoms with van der Waals surface area (Å²) in [6.07, 6.45) is 0.491. The number of fused-ring (bicyclic) bond motifs is 1. The van der Waals surface area contributed by atoms with Gasteiger partial charge in [0.05, 0.1) is 28.4 Å². The molecular formula is C26H29ClFN3O6S. The van der Waals surface area contributed by atoms with E-state index >= 15 is 4.39 Å². The van der Waals surface area contributed by atoms with Crippen molar-refractivity contribution in [1.29, 1.82) is 0 Å². The van der Waals surface area contributed by atoms with Crippen molar-refractivity contribution in [3.8, 4) is 0 Å². The summed E-state index contributed by atoms with van der Waals surface area (Å²) in [7, 11) is -4.30. The van der Waals surface area contributed by atoms with Crippen molar-refractivity contribution in [3.05, 3.63) is 58.4 Å². The molecule has 4 rings (SSSR count). The van der Waals surface area contributed by atoms with Crippen LogP contribution in [-0.4, -0.2) is 49.3 Å². The Labute approximate surface area is 225 Å². The number of carbonyl (C=O) groups excluding carboxylic acids is 3. The first-order valence-corrected chi connectivity index (χ1v) is 14.0. The van der Waals surface area contributed by atoms with Crippen LogP contribution in [0.15, 0.2) is 41.3 Å². The highest BCUT2D eigenvalue weighted by molar-refractivity contribution is 7.91. The van der Waals surface area contributed by atoms with Crippen LogP contribution in [-0.2, 0) is 25.9 Å². The molecule has 2 aromatic rings. The third-order valence-corrected chi connectivity index (χ3v) is 8.25. The highest BCUT2D eigenvalue weighted by Gasteiger charge is 2.42.